The van der Waals surface area contributed by atoms with E-state index in [-0.39, 0.29) is 11.4 Å². The van der Waals surface area contributed by atoms with Gasteiger partial charge in [0, 0.05) is 14.5 Å². The van der Waals surface area contributed by atoms with Gasteiger partial charge in [0.1, 0.15) is 5.60 Å². The molecule has 1 heterocycles. The highest BCUT2D eigenvalue weighted by Crippen LogP contribution is 2.48. The Morgan fingerprint density at radius 3 is 2.77 bits per heavy atom. The number of rotatable bonds is 2. The third kappa shape index (κ3) is 1.76. The van der Waals surface area contributed by atoms with E-state index >= 15 is 0 Å². The summed E-state index contributed by atoms with van der Waals surface area (Å²) in [5.41, 5.74) is -0.155. The molecule has 2 aliphatic rings. The third-order valence-corrected chi connectivity index (χ3v) is 4.24. The van der Waals surface area contributed by atoms with Crippen molar-refractivity contribution >= 4 is 13.9 Å². The quantitative estimate of drug-likeness (QED) is 0.499. The van der Waals surface area contributed by atoms with E-state index in [1.807, 2.05) is 6.08 Å². The van der Waals surface area contributed by atoms with Crippen molar-refractivity contribution in [2.24, 2.45) is 0 Å². The second kappa shape index (κ2) is 2.55. The number of ether oxygens (including phenoxy) is 1. The lowest BCUT2D eigenvalue weighted by Gasteiger charge is -2.13. The molecule has 3 heteroatoms. The molecule has 0 amide bonds. The van der Waals surface area contributed by atoms with Crippen LogP contribution < -0.4 is 0 Å². The predicted octanol–water partition coefficient (Wildman–Crippen LogP) is 1.99. The highest BCUT2D eigenvalue weighted by molar-refractivity contribution is 6.76. The van der Waals surface area contributed by atoms with Gasteiger partial charge in [-0.3, -0.25) is 4.79 Å². The maximum Gasteiger partial charge on any atom is 0.158 e. The fourth-order valence-electron chi connectivity index (χ4n) is 1.93. The molecule has 2 atom stereocenters. The standard InChI is InChI=1S/C10H16O2Si/c1-13(2,3)7-9-10(12-9)5-4-8(11)6-10/h4-5,9H,6-7H2,1-3H3/t9-,10+/m1/s1. The Kier molecular flexibility index (Phi) is 1.79. The minimum absolute atomic E-state index is 0.155. The Labute approximate surface area is 80.0 Å². The summed E-state index contributed by atoms with van der Waals surface area (Å²) in [5.74, 6) is 0.220. The Bertz CT molecular complexity index is 277. The highest BCUT2D eigenvalue weighted by atomic mass is 28.3. The first kappa shape index (κ1) is 9.15. The molecule has 1 aliphatic carbocycles. The van der Waals surface area contributed by atoms with Gasteiger partial charge in [0.15, 0.2) is 5.78 Å². The summed E-state index contributed by atoms with van der Waals surface area (Å²) in [7, 11) is -1.04. The van der Waals surface area contributed by atoms with Crippen LogP contribution in [0, 0.1) is 0 Å². The molecular weight excluding hydrogens is 180 g/mol. The van der Waals surface area contributed by atoms with Crippen LogP contribution in [0.25, 0.3) is 0 Å². The zero-order valence-corrected chi connectivity index (χ0v) is 9.46. The average Bonchev–Trinajstić information content (AvgIpc) is 2.38. The van der Waals surface area contributed by atoms with Crippen LogP contribution in [0.3, 0.4) is 0 Å². The number of allylic oxidation sites excluding steroid dienone is 1. The zero-order valence-electron chi connectivity index (χ0n) is 8.46. The number of hydrogen-bond donors (Lipinski definition) is 0. The molecule has 0 aromatic heterocycles. The Balaban J connectivity index is 1.96. The topological polar surface area (TPSA) is 29.6 Å². The summed E-state index contributed by atoms with van der Waals surface area (Å²) in [6.07, 6.45) is 4.55. The maximum atomic E-state index is 11.1. The summed E-state index contributed by atoms with van der Waals surface area (Å²) < 4.78 is 5.64. The van der Waals surface area contributed by atoms with Crippen LogP contribution in [0.15, 0.2) is 12.2 Å². The van der Waals surface area contributed by atoms with E-state index in [9.17, 15) is 4.79 Å². The van der Waals surface area contributed by atoms with Crippen LogP contribution >= 0.6 is 0 Å². The molecule has 0 radical (unpaired) electrons. The normalized spacial score (nSPS) is 37.5. The summed E-state index contributed by atoms with van der Waals surface area (Å²) >= 11 is 0. The molecule has 0 saturated carbocycles. The van der Waals surface area contributed by atoms with Crippen LogP contribution in [0.1, 0.15) is 6.42 Å². The first-order valence-corrected chi connectivity index (χ1v) is 8.52. The molecule has 0 N–H and O–H groups in total. The molecule has 0 bridgehead atoms. The molecule has 72 valence electrons. The van der Waals surface area contributed by atoms with E-state index in [4.69, 9.17) is 4.74 Å². The van der Waals surface area contributed by atoms with Crippen molar-refractivity contribution in [1.82, 2.24) is 0 Å². The van der Waals surface area contributed by atoms with Gasteiger partial charge in [0.25, 0.3) is 0 Å². The minimum Gasteiger partial charge on any atom is -0.361 e. The maximum absolute atomic E-state index is 11.1. The molecule has 13 heavy (non-hydrogen) atoms. The molecule has 1 saturated heterocycles. The van der Waals surface area contributed by atoms with Gasteiger partial charge >= 0.3 is 0 Å². The van der Waals surface area contributed by atoms with Crippen molar-refractivity contribution in [2.75, 3.05) is 0 Å². The Hall–Kier alpha value is -0.413. The predicted molar refractivity (Wildman–Crippen MR) is 54.5 cm³/mol. The van der Waals surface area contributed by atoms with Crippen LogP contribution in [0.5, 0.6) is 0 Å². The lowest BCUT2D eigenvalue weighted by Crippen LogP contribution is -2.24. The molecule has 0 aromatic carbocycles. The smallest absolute Gasteiger partial charge is 0.158 e. The highest BCUT2D eigenvalue weighted by Gasteiger charge is 2.58. The van der Waals surface area contributed by atoms with Crippen LogP contribution in [-0.2, 0) is 9.53 Å². The van der Waals surface area contributed by atoms with E-state index in [0.29, 0.717) is 12.5 Å². The largest absolute Gasteiger partial charge is 0.361 e. The average molecular weight is 196 g/mol. The van der Waals surface area contributed by atoms with E-state index in [1.165, 1.54) is 6.04 Å². The van der Waals surface area contributed by atoms with Gasteiger partial charge in [-0.25, -0.2) is 0 Å². The van der Waals surface area contributed by atoms with Gasteiger partial charge in [0.05, 0.1) is 6.10 Å². The molecule has 1 fully saturated rings. The van der Waals surface area contributed by atoms with Gasteiger partial charge in [-0.2, -0.15) is 0 Å². The first-order valence-electron chi connectivity index (χ1n) is 4.81. The van der Waals surface area contributed by atoms with Crippen molar-refractivity contribution < 1.29 is 9.53 Å². The van der Waals surface area contributed by atoms with Crippen LogP contribution in [0.2, 0.25) is 25.7 Å². The van der Waals surface area contributed by atoms with Crippen LogP contribution in [0.4, 0.5) is 0 Å². The first-order chi connectivity index (χ1) is 5.91. The number of carbonyl (C=O) groups excluding carboxylic acids is 1. The molecule has 0 aromatic rings. The van der Waals surface area contributed by atoms with E-state index in [2.05, 4.69) is 19.6 Å². The Morgan fingerprint density at radius 2 is 2.31 bits per heavy atom. The molecule has 1 aliphatic heterocycles. The van der Waals surface area contributed by atoms with Gasteiger partial charge in [-0.05, 0) is 18.2 Å². The number of ketones is 1. The zero-order chi connectivity index (χ0) is 9.69. The van der Waals surface area contributed by atoms with Crippen molar-refractivity contribution in [2.45, 2.75) is 43.8 Å². The van der Waals surface area contributed by atoms with Crippen molar-refractivity contribution in [3.8, 4) is 0 Å². The lowest BCUT2D eigenvalue weighted by atomic mass is 10.1. The number of carbonyl (C=O) groups is 1. The van der Waals surface area contributed by atoms with Gasteiger partial charge < -0.3 is 4.74 Å². The van der Waals surface area contributed by atoms with E-state index in [1.54, 1.807) is 6.08 Å². The van der Waals surface area contributed by atoms with Crippen molar-refractivity contribution in [3.63, 3.8) is 0 Å². The molecule has 2 rings (SSSR count). The monoisotopic (exact) mass is 196 g/mol. The summed E-state index contributed by atoms with van der Waals surface area (Å²) in [6.45, 7) is 7.01. The number of hydrogen-bond acceptors (Lipinski definition) is 2. The van der Waals surface area contributed by atoms with E-state index in [0.717, 1.165) is 0 Å². The summed E-state index contributed by atoms with van der Waals surface area (Å²) in [5, 5.41) is 0. The molecular formula is C10H16O2Si. The van der Waals surface area contributed by atoms with Gasteiger partial charge in [-0.1, -0.05) is 19.6 Å². The summed E-state index contributed by atoms with van der Waals surface area (Å²) in [6, 6.07) is 1.17. The second-order valence-electron chi connectivity index (χ2n) is 5.30. The fourth-order valence-corrected chi connectivity index (χ4v) is 3.47. The minimum atomic E-state index is -1.04. The van der Waals surface area contributed by atoms with Crippen molar-refractivity contribution in [1.29, 1.82) is 0 Å². The van der Waals surface area contributed by atoms with Gasteiger partial charge in [0.2, 0.25) is 0 Å². The lowest BCUT2D eigenvalue weighted by molar-refractivity contribution is -0.114. The Morgan fingerprint density at radius 1 is 1.62 bits per heavy atom. The molecule has 1 spiro atoms. The van der Waals surface area contributed by atoms with E-state index < -0.39 is 8.07 Å². The number of epoxide rings is 1. The summed E-state index contributed by atoms with van der Waals surface area (Å²) in [4.78, 5) is 11.1. The molecule has 0 unspecified atom stereocenters. The second-order valence-corrected chi connectivity index (χ2v) is 10.8. The third-order valence-electron chi connectivity index (χ3n) is 2.65. The van der Waals surface area contributed by atoms with Gasteiger partial charge in [-0.15, -0.1) is 0 Å². The molecule has 2 nitrogen and oxygen atoms in total. The van der Waals surface area contributed by atoms with Crippen molar-refractivity contribution in [3.05, 3.63) is 12.2 Å². The fraction of sp³-hybridized carbons (Fsp3) is 0.700. The van der Waals surface area contributed by atoms with Crippen LogP contribution in [-0.4, -0.2) is 25.6 Å². The SMILES string of the molecule is C[Si](C)(C)C[C@H]1O[C@]12C=CC(=O)C2.